The summed E-state index contributed by atoms with van der Waals surface area (Å²) in [4.78, 5) is 5.36. The molecule has 2 aliphatic rings. The van der Waals surface area contributed by atoms with Gasteiger partial charge in [0.2, 0.25) is 0 Å². The number of fused-ring (bicyclic) bond motifs is 1. The Balaban J connectivity index is 1.93. The lowest BCUT2D eigenvalue weighted by atomic mass is 10.1. The van der Waals surface area contributed by atoms with E-state index in [1.165, 1.54) is 51.9 Å². The molecule has 0 aromatic rings. The lowest BCUT2D eigenvalue weighted by Crippen LogP contribution is -2.43. The first kappa shape index (κ1) is 12.3. The Labute approximate surface area is 99.7 Å². The predicted octanol–water partition coefficient (Wildman–Crippen LogP) is 1.58. The zero-order valence-corrected chi connectivity index (χ0v) is 10.8. The maximum Gasteiger partial charge on any atom is 0.0617 e. The van der Waals surface area contributed by atoms with Crippen molar-refractivity contribution in [3.63, 3.8) is 0 Å². The van der Waals surface area contributed by atoms with Crippen LogP contribution in [0.4, 0.5) is 0 Å². The highest BCUT2D eigenvalue weighted by molar-refractivity contribution is 4.87. The van der Waals surface area contributed by atoms with Gasteiger partial charge in [0, 0.05) is 25.7 Å². The summed E-state index contributed by atoms with van der Waals surface area (Å²) in [6, 6.07) is 1.46. The van der Waals surface area contributed by atoms with Crippen LogP contribution >= 0.6 is 0 Å². The van der Waals surface area contributed by atoms with E-state index >= 15 is 0 Å². The van der Waals surface area contributed by atoms with Gasteiger partial charge in [-0.2, -0.15) is 0 Å². The smallest absolute Gasteiger partial charge is 0.0617 e. The van der Waals surface area contributed by atoms with Gasteiger partial charge in [-0.15, -0.1) is 0 Å². The van der Waals surface area contributed by atoms with E-state index in [1.54, 1.807) is 0 Å². The van der Waals surface area contributed by atoms with Gasteiger partial charge >= 0.3 is 0 Å². The van der Waals surface area contributed by atoms with Crippen molar-refractivity contribution < 1.29 is 4.74 Å². The molecule has 3 nitrogen and oxygen atoms in total. The van der Waals surface area contributed by atoms with Crippen LogP contribution in [0.25, 0.3) is 0 Å². The van der Waals surface area contributed by atoms with Gasteiger partial charge in [0.05, 0.1) is 6.61 Å². The number of ether oxygens (including phenoxy) is 1. The number of hydrogen-bond acceptors (Lipinski definition) is 3. The first-order valence-corrected chi connectivity index (χ1v) is 6.82. The summed E-state index contributed by atoms with van der Waals surface area (Å²) in [7, 11) is 1.82. The van der Waals surface area contributed by atoms with E-state index in [9.17, 15) is 0 Å². The van der Waals surface area contributed by atoms with Crippen LogP contribution in [0.5, 0.6) is 0 Å². The molecule has 0 bridgehead atoms. The van der Waals surface area contributed by atoms with Crippen molar-refractivity contribution in [3.05, 3.63) is 0 Å². The van der Waals surface area contributed by atoms with Gasteiger partial charge < -0.3 is 4.74 Å². The van der Waals surface area contributed by atoms with E-state index in [-0.39, 0.29) is 0 Å². The second-order valence-corrected chi connectivity index (χ2v) is 5.20. The Morgan fingerprint density at radius 3 is 2.81 bits per heavy atom. The van der Waals surface area contributed by atoms with Crippen LogP contribution in [0.3, 0.4) is 0 Å². The number of hydrogen-bond donors (Lipinski definition) is 0. The van der Waals surface area contributed by atoms with Crippen LogP contribution in [-0.4, -0.2) is 61.8 Å². The van der Waals surface area contributed by atoms with Crippen molar-refractivity contribution >= 4 is 0 Å². The molecule has 0 radical (unpaired) electrons. The van der Waals surface area contributed by atoms with Crippen LogP contribution in [0.2, 0.25) is 0 Å². The van der Waals surface area contributed by atoms with Crippen LogP contribution < -0.4 is 0 Å². The molecule has 0 spiro atoms. The summed E-state index contributed by atoms with van der Waals surface area (Å²) in [6.45, 7) is 8.34. The Morgan fingerprint density at radius 2 is 2.06 bits per heavy atom. The molecule has 94 valence electrons. The third kappa shape index (κ3) is 2.76. The SMILES string of the molecule is CCC(COC)N1CCCN2CCCC2C1. The third-order valence-electron chi connectivity index (χ3n) is 4.18. The summed E-state index contributed by atoms with van der Waals surface area (Å²) >= 11 is 0. The van der Waals surface area contributed by atoms with Gasteiger partial charge in [0.15, 0.2) is 0 Å². The molecule has 0 N–H and O–H groups in total. The summed E-state index contributed by atoms with van der Waals surface area (Å²) < 4.78 is 5.34. The van der Waals surface area contributed by atoms with Gasteiger partial charge in [0.25, 0.3) is 0 Å². The number of methoxy groups -OCH3 is 1. The van der Waals surface area contributed by atoms with E-state index in [0.717, 1.165) is 12.6 Å². The largest absolute Gasteiger partial charge is 0.383 e. The average molecular weight is 226 g/mol. The monoisotopic (exact) mass is 226 g/mol. The Morgan fingerprint density at radius 1 is 1.25 bits per heavy atom. The zero-order valence-electron chi connectivity index (χ0n) is 10.8. The quantitative estimate of drug-likeness (QED) is 0.724. The number of nitrogens with zero attached hydrogens (tertiary/aromatic N) is 2. The van der Waals surface area contributed by atoms with Gasteiger partial charge in [-0.25, -0.2) is 0 Å². The molecule has 2 unspecified atom stereocenters. The van der Waals surface area contributed by atoms with Crippen LogP contribution in [0, 0.1) is 0 Å². The van der Waals surface area contributed by atoms with E-state index < -0.39 is 0 Å². The lowest BCUT2D eigenvalue weighted by Gasteiger charge is -2.31. The van der Waals surface area contributed by atoms with Crippen molar-refractivity contribution in [2.45, 2.75) is 44.7 Å². The Bertz CT molecular complexity index is 210. The molecule has 0 aromatic heterocycles. The minimum Gasteiger partial charge on any atom is -0.383 e. The summed E-state index contributed by atoms with van der Waals surface area (Å²) in [6.07, 6.45) is 5.34. The lowest BCUT2D eigenvalue weighted by molar-refractivity contribution is 0.0822. The van der Waals surface area contributed by atoms with Crippen LogP contribution in [0.1, 0.15) is 32.6 Å². The van der Waals surface area contributed by atoms with E-state index in [4.69, 9.17) is 4.74 Å². The fraction of sp³-hybridized carbons (Fsp3) is 1.00. The molecule has 16 heavy (non-hydrogen) atoms. The highest BCUT2D eigenvalue weighted by Crippen LogP contribution is 2.22. The third-order valence-corrected chi connectivity index (χ3v) is 4.18. The summed E-state index contributed by atoms with van der Waals surface area (Å²) in [5.41, 5.74) is 0. The molecule has 0 aromatic carbocycles. The molecule has 2 atom stereocenters. The van der Waals surface area contributed by atoms with Crippen molar-refractivity contribution in [1.29, 1.82) is 0 Å². The highest BCUT2D eigenvalue weighted by atomic mass is 16.5. The maximum atomic E-state index is 5.34. The van der Waals surface area contributed by atoms with E-state index in [0.29, 0.717) is 6.04 Å². The normalized spacial score (nSPS) is 30.0. The topological polar surface area (TPSA) is 15.7 Å². The van der Waals surface area contributed by atoms with Crippen molar-refractivity contribution in [3.8, 4) is 0 Å². The first-order valence-electron chi connectivity index (χ1n) is 6.82. The highest BCUT2D eigenvalue weighted by Gasteiger charge is 2.30. The van der Waals surface area contributed by atoms with Gasteiger partial charge in [-0.3, -0.25) is 9.80 Å². The molecule has 2 heterocycles. The second-order valence-electron chi connectivity index (χ2n) is 5.20. The van der Waals surface area contributed by atoms with E-state index in [2.05, 4.69) is 16.7 Å². The Hall–Kier alpha value is -0.120. The van der Waals surface area contributed by atoms with Crippen LogP contribution in [-0.2, 0) is 4.74 Å². The standard InChI is InChI=1S/C13H26N2O/c1-3-12(11-16-2)15-9-5-8-14-7-4-6-13(14)10-15/h12-13H,3-11H2,1-2H3. The van der Waals surface area contributed by atoms with Crippen molar-refractivity contribution in [2.75, 3.05) is 39.9 Å². The van der Waals surface area contributed by atoms with Crippen molar-refractivity contribution in [2.24, 2.45) is 0 Å². The minimum absolute atomic E-state index is 0.630. The molecule has 2 aliphatic heterocycles. The maximum absolute atomic E-state index is 5.34. The van der Waals surface area contributed by atoms with Crippen LogP contribution in [0.15, 0.2) is 0 Å². The van der Waals surface area contributed by atoms with Gasteiger partial charge in [0.1, 0.15) is 0 Å². The molecule has 3 heteroatoms. The van der Waals surface area contributed by atoms with E-state index in [1.807, 2.05) is 7.11 Å². The molecular weight excluding hydrogens is 200 g/mol. The molecule has 0 saturated carbocycles. The molecule has 2 saturated heterocycles. The fourth-order valence-corrected chi connectivity index (χ4v) is 3.24. The first-order chi connectivity index (χ1) is 7.85. The fourth-order valence-electron chi connectivity index (χ4n) is 3.24. The zero-order chi connectivity index (χ0) is 11.4. The summed E-state index contributed by atoms with van der Waals surface area (Å²) in [5.74, 6) is 0. The summed E-state index contributed by atoms with van der Waals surface area (Å²) in [5, 5.41) is 0. The average Bonchev–Trinajstić information content (AvgIpc) is 2.64. The Kier molecular flexibility index (Phi) is 4.62. The number of rotatable bonds is 4. The molecule has 0 aliphatic carbocycles. The molecule has 2 fully saturated rings. The second kappa shape index (κ2) is 5.99. The van der Waals surface area contributed by atoms with Crippen molar-refractivity contribution in [1.82, 2.24) is 9.80 Å². The molecule has 0 amide bonds. The molecule has 2 rings (SSSR count). The van der Waals surface area contributed by atoms with Gasteiger partial charge in [-0.05, 0) is 45.3 Å². The van der Waals surface area contributed by atoms with Gasteiger partial charge in [-0.1, -0.05) is 6.92 Å². The minimum atomic E-state index is 0.630. The predicted molar refractivity (Wildman–Crippen MR) is 66.7 cm³/mol. The molecular formula is C13H26N2O.